The molecule has 0 heterocycles. The summed E-state index contributed by atoms with van der Waals surface area (Å²) in [6, 6.07) is 0. The molecular formula is C13H25NO. The third-order valence-electron chi connectivity index (χ3n) is 4.93. The van der Waals surface area contributed by atoms with Gasteiger partial charge in [-0.2, -0.15) is 0 Å². The van der Waals surface area contributed by atoms with E-state index in [-0.39, 0.29) is 5.54 Å². The summed E-state index contributed by atoms with van der Waals surface area (Å²) in [4.78, 5) is 0. The predicted molar refractivity (Wildman–Crippen MR) is 62.6 cm³/mol. The third kappa shape index (κ3) is 1.94. The Morgan fingerprint density at radius 1 is 1.13 bits per heavy atom. The van der Waals surface area contributed by atoms with Gasteiger partial charge in [-0.15, -0.1) is 0 Å². The molecule has 2 nitrogen and oxygen atoms in total. The molecule has 0 amide bonds. The zero-order valence-electron chi connectivity index (χ0n) is 9.97. The average Bonchev–Trinajstić information content (AvgIpc) is 2.68. The summed E-state index contributed by atoms with van der Waals surface area (Å²) < 4.78 is 0. The monoisotopic (exact) mass is 211 g/mol. The Kier molecular flexibility index (Phi) is 3.09. The van der Waals surface area contributed by atoms with Gasteiger partial charge in [-0.05, 0) is 44.4 Å². The Hall–Kier alpha value is -0.0800. The van der Waals surface area contributed by atoms with Crippen molar-refractivity contribution < 1.29 is 5.11 Å². The minimum absolute atomic E-state index is 0.258. The third-order valence-corrected chi connectivity index (χ3v) is 4.93. The van der Waals surface area contributed by atoms with Crippen molar-refractivity contribution in [1.29, 1.82) is 0 Å². The van der Waals surface area contributed by atoms with Gasteiger partial charge >= 0.3 is 0 Å². The highest BCUT2D eigenvalue weighted by Gasteiger charge is 2.49. The van der Waals surface area contributed by atoms with Gasteiger partial charge in [0.1, 0.15) is 0 Å². The van der Waals surface area contributed by atoms with Crippen LogP contribution in [0.5, 0.6) is 0 Å². The summed E-state index contributed by atoms with van der Waals surface area (Å²) in [5.74, 6) is 0.829. The molecule has 2 heteroatoms. The molecule has 3 N–H and O–H groups in total. The van der Waals surface area contributed by atoms with E-state index >= 15 is 0 Å². The van der Waals surface area contributed by atoms with Crippen molar-refractivity contribution in [2.75, 3.05) is 0 Å². The molecule has 0 aromatic carbocycles. The lowest BCUT2D eigenvalue weighted by atomic mass is 9.67. The van der Waals surface area contributed by atoms with Gasteiger partial charge in [-0.3, -0.25) is 0 Å². The first-order chi connectivity index (χ1) is 7.10. The highest BCUT2D eigenvalue weighted by atomic mass is 16.3. The van der Waals surface area contributed by atoms with Crippen LogP contribution in [0.25, 0.3) is 0 Å². The average molecular weight is 211 g/mol. The molecule has 2 rings (SSSR count). The van der Waals surface area contributed by atoms with Crippen LogP contribution in [0, 0.1) is 5.92 Å². The molecule has 2 aliphatic rings. The number of nitrogens with two attached hydrogens (primary N) is 1. The Bertz CT molecular complexity index is 213. The van der Waals surface area contributed by atoms with Crippen molar-refractivity contribution >= 4 is 0 Å². The van der Waals surface area contributed by atoms with Gasteiger partial charge in [0.15, 0.2) is 0 Å². The molecule has 2 aliphatic carbocycles. The summed E-state index contributed by atoms with van der Waals surface area (Å²) in [6.07, 6.45) is 9.93. The molecule has 88 valence electrons. The van der Waals surface area contributed by atoms with Crippen molar-refractivity contribution in [3.8, 4) is 0 Å². The molecule has 0 unspecified atom stereocenters. The summed E-state index contributed by atoms with van der Waals surface area (Å²) in [6.45, 7) is 2.25. The van der Waals surface area contributed by atoms with Gasteiger partial charge < -0.3 is 10.8 Å². The second-order valence-electron chi connectivity index (χ2n) is 5.75. The van der Waals surface area contributed by atoms with Crippen molar-refractivity contribution in [1.82, 2.24) is 0 Å². The van der Waals surface area contributed by atoms with E-state index in [1.54, 1.807) is 0 Å². The number of aliphatic hydroxyl groups is 1. The maximum absolute atomic E-state index is 10.7. The quantitative estimate of drug-likeness (QED) is 0.737. The normalized spacial score (nSPS) is 40.6. The zero-order chi connectivity index (χ0) is 10.9. The summed E-state index contributed by atoms with van der Waals surface area (Å²) in [5, 5.41) is 10.7. The first-order valence-corrected chi connectivity index (χ1v) is 6.61. The van der Waals surface area contributed by atoms with Crippen molar-refractivity contribution in [2.24, 2.45) is 11.7 Å². The van der Waals surface area contributed by atoms with E-state index in [4.69, 9.17) is 5.73 Å². The molecule has 2 fully saturated rings. The van der Waals surface area contributed by atoms with E-state index in [0.29, 0.717) is 0 Å². The highest BCUT2D eigenvalue weighted by molar-refractivity contribution is 5.07. The first-order valence-electron chi connectivity index (χ1n) is 6.61. The molecule has 0 aromatic heterocycles. The van der Waals surface area contributed by atoms with Crippen LogP contribution in [0.4, 0.5) is 0 Å². The van der Waals surface area contributed by atoms with Crippen LogP contribution in [0.2, 0.25) is 0 Å². The maximum Gasteiger partial charge on any atom is 0.0826 e. The van der Waals surface area contributed by atoms with Gasteiger partial charge in [0, 0.05) is 5.54 Å². The maximum atomic E-state index is 10.7. The molecule has 0 aromatic rings. The van der Waals surface area contributed by atoms with E-state index in [1.807, 2.05) is 0 Å². The molecule has 0 radical (unpaired) electrons. The van der Waals surface area contributed by atoms with E-state index in [1.165, 1.54) is 32.1 Å². The lowest BCUT2D eigenvalue weighted by Crippen LogP contribution is -2.60. The Morgan fingerprint density at radius 3 is 2.13 bits per heavy atom. The number of hydrogen-bond acceptors (Lipinski definition) is 2. The van der Waals surface area contributed by atoms with Gasteiger partial charge in [0.05, 0.1) is 5.60 Å². The predicted octanol–water partition coefficient (Wildman–Crippen LogP) is 2.59. The van der Waals surface area contributed by atoms with Gasteiger partial charge in [0.25, 0.3) is 0 Å². The smallest absolute Gasteiger partial charge is 0.0826 e. The number of hydrogen-bond donors (Lipinski definition) is 2. The second-order valence-corrected chi connectivity index (χ2v) is 5.75. The molecular weight excluding hydrogens is 186 g/mol. The van der Waals surface area contributed by atoms with Crippen LogP contribution < -0.4 is 5.73 Å². The molecule has 0 bridgehead atoms. The van der Waals surface area contributed by atoms with Crippen LogP contribution in [-0.4, -0.2) is 16.2 Å². The van der Waals surface area contributed by atoms with Gasteiger partial charge in [0.2, 0.25) is 0 Å². The van der Waals surface area contributed by atoms with E-state index in [0.717, 1.165) is 31.6 Å². The van der Waals surface area contributed by atoms with Gasteiger partial charge in [-0.1, -0.05) is 26.2 Å². The Balaban J connectivity index is 2.02. The summed E-state index contributed by atoms with van der Waals surface area (Å²) in [5.41, 5.74) is 5.60. The fourth-order valence-electron chi connectivity index (χ4n) is 3.53. The Morgan fingerprint density at radius 2 is 1.67 bits per heavy atom. The van der Waals surface area contributed by atoms with Gasteiger partial charge in [-0.25, -0.2) is 0 Å². The first kappa shape index (κ1) is 11.4. The zero-order valence-corrected chi connectivity index (χ0v) is 9.97. The van der Waals surface area contributed by atoms with Crippen LogP contribution >= 0.6 is 0 Å². The lowest BCUT2D eigenvalue weighted by molar-refractivity contribution is -0.0720. The molecule has 2 saturated carbocycles. The fourth-order valence-corrected chi connectivity index (χ4v) is 3.53. The minimum Gasteiger partial charge on any atom is -0.388 e. The van der Waals surface area contributed by atoms with Crippen molar-refractivity contribution in [3.63, 3.8) is 0 Å². The Labute approximate surface area is 93.2 Å². The molecule has 0 atom stereocenters. The topological polar surface area (TPSA) is 46.2 Å². The number of rotatable bonds is 2. The van der Waals surface area contributed by atoms with E-state index in [2.05, 4.69) is 6.92 Å². The summed E-state index contributed by atoms with van der Waals surface area (Å²) >= 11 is 0. The standard InChI is InChI=1S/C13H25NO/c1-2-11-5-9-13(15,10-6-11)12(14)7-3-4-8-12/h11,15H,2-10,14H2,1H3. The second kappa shape index (κ2) is 4.06. The lowest BCUT2D eigenvalue weighted by Gasteiger charge is -2.46. The van der Waals surface area contributed by atoms with Crippen molar-refractivity contribution in [2.45, 2.75) is 75.9 Å². The van der Waals surface area contributed by atoms with Crippen LogP contribution in [-0.2, 0) is 0 Å². The highest BCUT2D eigenvalue weighted by Crippen LogP contribution is 2.45. The summed E-state index contributed by atoms with van der Waals surface area (Å²) in [7, 11) is 0. The minimum atomic E-state index is -0.546. The SMILES string of the molecule is CCC1CCC(O)(C2(N)CCCC2)CC1. The van der Waals surface area contributed by atoms with Crippen molar-refractivity contribution in [3.05, 3.63) is 0 Å². The molecule has 0 aliphatic heterocycles. The van der Waals surface area contributed by atoms with Crippen LogP contribution in [0.3, 0.4) is 0 Å². The van der Waals surface area contributed by atoms with Crippen LogP contribution in [0.1, 0.15) is 64.7 Å². The fraction of sp³-hybridized carbons (Fsp3) is 1.00. The van der Waals surface area contributed by atoms with E-state index < -0.39 is 5.60 Å². The molecule has 0 spiro atoms. The molecule has 15 heavy (non-hydrogen) atoms. The van der Waals surface area contributed by atoms with Crippen LogP contribution in [0.15, 0.2) is 0 Å². The molecule has 0 saturated heterocycles. The van der Waals surface area contributed by atoms with E-state index in [9.17, 15) is 5.11 Å². The largest absolute Gasteiger partial charge is 0.388 e.